The Hall–Kier alpha value is -0.645. The van der Waals surface area contributed by atoms with Crippen molar-refractivity contribution in [2.24, 2.45) is 0 Å². The fraction of sp³-hybridized carbons (Fsp3) is 0. The standard InChI is InChI=1S/3CHO3.2Al/c3*2-1-4-3;;/h3*3H;;/q3*-1;2*+3/p-3. The average molecular weight is 234 g/mol. The van der Waals surface area contributed by atoms with E-state index in [0.717, 1.165) is 0 Å². The topological polar surface area (TPSA) is 148 Å². The van der Waals surface area contributed by atoms with Gasteiger partial charge in [0, 0.05) is 0 Å². The van der Waals surface area contributed by atoms with E-state index in [-0.39, 0.29) is 34.7 Å². The Morgan fingerprint density at radius 2 is 0.714 bits per heavy atom. The number of hydrogen-bond donors (Lipinski definition) is 0. The molecule has 0 heterocycles. The van der Waals surface area contributed by atoms with Crippen molar-refractivity contribution in [3.8, 4) is 0 Å². The molecule has 0 rings (SSSR count). The first kappa shape index (κ1) is 29.2. The minimum Gasteiger partial charge on any atom is -0.715 e. The summed E-state index contributed by atoms with van der Waals surface area (Å²) in [5, 5.41) is 25.1. The van der Waals surface area contributed by atoms with Gasteiger partial charge < -0.3 is 44.8 Å². The Balaban J connectivity index is -0.0000000270. The number of carbonyl (C=O) groups excluding carboxylic acids is 3. The van der Waals surface area contributed by atoms with Crippen LogP contribution < -0.4 is 15.8 Å². The van der Waals surface area contributed by atoms with E-state index in [1.54, 1.807) is 0 Å². The van der Waals surface area contributed by atoms with Gasteiger partial charge in [-0.3, -0.25) is 0 Å². The molecule has 0 saturated carbocycles. The average Bonchev–Trinajstić information content (AvgIpc) is 2.18. The maximum atomic E-state index is 8.51. The van der Waals surface area contributed by atoms with E-state index in [0.29, 0.717) is 19.4 Å². The van der Waals surface area contributed by atoms with Gasteiger partial charge in [0.2, 0.25) is 0 Å². The summed E-state index contributed by atoms with van der Waals surface area (Å²) in [5.41, 5.74) is 0. The predicted molar refractivity (Wildman–Crippen MR) is 31.8 cm³/mol. The Bertz CT molecular complexity index is 79.0. The van der Waals surface area contributed by atoms with Crippen LogP contribution in [0.1, 0.15) is 0 Å². The first-order valence-electron chi connectivity index (χ1n) is 1.72. The summed E-state index contributed by atoms with van der Waals surface area (Å²) in [6, 6.07) is 0. The van der Waals surface area contributed by atoms with Gasteiger partial charge >= 0.3 is 34.7 Å². The molecule has 0 amide bonds. The van der Waals surface area contributed by atoms with Crippen LogP contribution in [0.15, 0.2) is 0 Å². The molecular formula is C3Al2O9. The molecule has 11 heteroatoms. The molecular weight excluding hydrogens is 234 g/mol. The van der Waals surface area contributed by atoms with E-state index in [9.17, 15) is 0 Å². The van der Waals surface area contributed by atoms with Gasteiger partial charge in [0.1, 0.15) is 0 Å². The van der Waals surface area contributed by atoms with Crippen molar-refractivity contribution in [2.75, 3.05) is 0 Å². The van der Waals surface area contributed by atoms with Crippen molar-refractivity contribution >= 4 is 54.1 Å². The van der Waals surface area contributed by atoms with Crippen molar-refractivity contribution in [3.63, 3.8) is 0 Å². The van der Waals surface area contributed by atoms with Crippen molar-refractivity contribution in [2.45, 2.75) is 0 Å². The second-order valence-corrected chi connectivity index (χ2v) is 0.500. The molecule has 0 aromatic rings. The van der Waals surface area contributed by atoms with Gasteiger partial charge in [0.25, 0.3) is 0 Å². The normalized spacial score (nSPS) is 4.50. The van der Waals surface area contributed by atoms with Gasteiger partial charge in [-0.25, -0.2) is 0 Å². The van der Waals surface area contributed by atoms with Crippen molar-refractivity contribution < 1.29 is 44.8 Å². The van der Waals surface area contributed by atoms with Gasteiger partial charge in [0.15, 0.2) is 0 Å². The largest absolute Gasteiger partial charge is 3.00 e. The Labute approximate surface area is 99.2 Å². The van der Waals surface area contributed by atoms with E-state index in [1.165, 1.54) is 0 Å². The summed E-state index contributed by atoms with van der Waals surface area (Å²) >= 11 is 0. The van der Waals surface area contributed by atoms with Gasteiger partial charge in [-0.1, -0.05) is 19.4 Å². The molecule has 0 aromatic heterocycles. The molecule has 0 radical (unpaired) electrons. The molecule has 0 atom stereocenters. The van der Waals surface area contributed by atoms with Crippen molar-refractivity contribution in [3.05, 3.63) is 0 Å². The van der Waals surface area contributed by atoms with Gasteiger partial charge in [0.05, 0.1) is 0 Å². The predicted octanol–water partition coefficient (Wildman–Crippen LogP) is -5.73. The number of hydrogen-bond acceptors (Lipinski definition) is 9. The molecule has 0 aliphatic carbocycles. The SMILES string of the molecule is O=[C-]O[O-].O=[C-]O[O-].O=[C-]O[O-].[Al+3].[Al+3]. The Morgan fingerprint density at radius 1 is 0.643 bits per heavy atom. The monoisotopic (exact) mass is 234 g/mol. The van der Waals surface area contributed by atoms with E-state index in [2.05, 4.69) is 14.7 Å². The molecule has 0 fully saturated rings. The van der Waals surface area contributed by atoms with E-state index in [1.807, 2.05) is 0 Å². The van der Waals surface area contributed by atoms with Gasteiger partial charge in [-0.05, 0) is 0 Å². The molecule has 0 bridgehead atoms. The second kappa shape index (κ2) is 55.6. The fourth-order valence-corrected chi connectivity index (χ4v) is 0. The molecule has 9 nitrogen and oxygen atoms in total. The summed E-state index contributed by atoms with van der Waals surface area (Å²) < 4.78 is 0. The molecule has 72 valence electrons. The molecule has 0 spiro atoms. The summed E-state index contributed by atoms with van der Waals surface area (Å²) in [5.74, 6) is 0. The summed E-state index contributed by atoms with van der Waals surface area (Å²) in [7, 11) is 0. The molecule has 14 heavy (non-hydrogen) atoms. The van der Waals surface area contributed by atoms with Crippen LogP contribution in [0.3, 0.4) is 0 Å². The molecule has 0 aliphatic rings. The third kappa shape index (κ3) is 220. The third-order valence-electron chi connectivity index (χ3n) is 0.102. The molecule has 0 aliphatic heterocycles. The number of rotatable bonds is 3. The Morgan fingerprint density at radius 3 is 0.714 bits per heavy atom. The summed E-state index contributed by atoms with van der Waals surface area (Å²) in [6.07, 6.45) is 0. The quantitative estimate of drug-likeness (QED) is 0.201. The third-order valence-corrected chi connectivity index (χ3v) is 0.102. The zero-order valence-corrected chi connectivity index (χ0v) is 8.64. The minimum atomic E-state index is 0. The van der Waals surface area contributed by atoms with Crippen molar-refractivity contribution in [1.29, 1.82) is 0 Å². The van der Waals surface area contributed by atoms with Crippen LogP contribution in [0.2, 0.25) is 0 Å². The summed E-state index contributed by atoms with van der Waals surface area (Å²) in [4.78, 5) is 33.0. The van der Waals surface area contributed by atoms with Gasteiger partial charge in [-0.2, -0.15) is 0 Å². The van der Waals surface area contributed by atoms with Crippen LogP contribution in [-0.2, 0) is 29.0 Å². The molecule has 0 saturated heterocycles. The summed E-state index contributed by atoms with van der Waals surface area (Å²) in [6.45, 7) is 1.88. The van der Waals surface area contributed by atoms with Crippen LogP contribution in [0.4, 0.5) is 0 Å². The first-order valence-corrected chi connectivity index (χ1v) is 1.72. The Kier molecular flexibility index (Phi) is 116. The van der Waals surface area contributed by atoms with Crippen LogP contribution in [0.25, 0.3) is 0 Å². The fourth-order valence-electron chi connectivity index (χ4n) is 0. The zero-order valence-electron chi connectivity index (χ0n) is 6.33. The first-order chi connectivity index (χ1) is 5.74. The van der Waals surface area contributed by atoms with E-state index < -0.39 is 0 Å². The molecule has 0 N–H and O–H groups in total. The maximum absolute atomic E-state index is 8.51. The second-order valence-electron chi connectivity index (χ2n) is 0.500. The minimum absolute atomic E-state index is 0. The molecule has 0 aromatic carbocycles. The van der Waals surface area contributed by atoms with E-state index >= 15 is 0 Å². The van der Waals surface area contributed by atoms with Crippen LogP contribution >= 0.6 is 0 Å². The smallest absolute Gasteiger partial charge is 0.715 e. The maximum Gasteiger partial charge on any atom is 3.00 e. The van der Waals surface area contributed by atoms with Crippen LogP contribution in [-0.4, -0.2) is 54.1 Å². The van der Waals surface area contributed by atoms with E-state index in [4.69, 9.17) is 30.2 Å². The van der Waals surface area contributed by atoms with Crippen molar-refractivity contribution in [1.82, 2.24) is 0 Å². The molecule has 0 unspecified atom stereocenters. The van der Waals surface area contributed by atoms with Crippen LogP contribution in [0.5, 0.6) is 0 Å². The zero-order chi connectivity index (χ0) is 10.2. The van der Waals surface area contributed by atoms with Gasteiger partial charge in [-0.15, -0.1) is 0 Å². The van der Waals surface area contributed by atoms with Crippen LogP contribution in [0, 0.1) is 0 Å².